The highest BCUT2D eigenvalue weighted by atomic mass is 19.2. The van der Waals surface area contributed by atoms with Gasteiger partial charge in [-0.05, 0) is 12.1 Å². The Morgan fingerprint density at radius 2 is 1.63 bits per heavy atom. The molecule has 0 atom stereocenters. The average molecular weight is 268 g/mol. The van der Waals surface area contributed by atoms with Crippen LogP contribution in [0.3, 0.4) is 0 Å². The van der Waals surface area contributed by atoms with Crippen molar-refractivity contribution in [3.8, 4) is 0 Å². The lowest BCUT2D eigenvalue weighted by atomic mass is 10.1. The fourth-order valence-electron chi connectivity index (χ4n) is 2.06. The van der Waals surface area contributed by atoms with Gasteiger partial charge in [-0.1, -0.05) is 6.07 Å². The van der Waals surface area contributed by atoms with Crippen LogP contribution in [0.15, 0.2) is 18.2 Å². The summed E-state index contributed by atoms with van der Waals surface area (Å²) in [6, 6.07) is 3.54. The van der Waals surface area contributed by atoms with E-state index in [-0.39, 0.29) is 11.5 Å². The molecular formula is C13H14F2N2O2. The molecule has 0 bridgehead atoms. The Morgan fingerprint density at radius 3 is 2.21 bits per heavy atom. The molecule has 2 amide bonds. The number of carbonyl (C=O) groups is 2. The number of benzene rings is 1. The van der Waals surface area contributed by atoms with E-state index in [1.807, 2.05) is 0 Å². The van der Waals surface area contributed by atoms with Crippen molar-refractivity contribution in [3.05, 3.63) is 35.4 Å². The van der Waals surface area contributed by atoms with Gasteiger partial charge in [0.2, 0.25) is 5.91 Å². The lowest BCUT2D eigenvalue weighted by Gasteiger charge is -2.34. The fourth-order valence-corrected chi connectivity index (χ4v) is 2.06. The predicted molar refractivity (Wildman–Crippen MR) is 64.5 cm³/mol. The molecule has 1 heterocycles. The van der Waals surface area contributed by atoms with E-state index in [9.17, 15) is 18.4 Å². The predicted octanol–water partition coefficient (Wildman–Crippen LogP) is 1.27. The van der Waals surface area contributed by atoms with Crippen LogP contribution in [-0.2, 0) is 4.79 Å². The minimum atomic E-state index is -1.12. The molecule has 6 heteroatoms. The maximum absolute atomic E-state index is 13.5. The first kappa shape index (κ1) is 13.5. The fraction of sp³-hybridized carbons (Fsp3) is 0.385. The van der Waals surface area contributed by atoms with Gasteiger partial charge < -0.3 is 9.80 Å². The van der Waals surface area contributed by atoms with Crippen LogP contribution < -0.4 is 0 Å². The van der Waals surface area contributed by atoms with Crippen LogP contribution in [0.1, 0.15) is 17.3 Å². The van der Waals surface area contributed by atoms with Crippen molar-refractivity contribution >= 4 is 11.8 Å². The topological polar surface area (TPSA) is 40.6 Å². The van der Waals surface area contributed by atoms with E-state index in [0.29, 0.717) is 26.2 Å². The van der Waals surface area contributed by atoms with Crippen LogP contribution in [0.5, 0.6) is 0 Å². The van der Waals surface area contributed by atoms with Crippen molar-refractivity contribution in [2.24, 2.45) is 0 Å². The second-order valence-corrected chi connectivity index (χ2v) is 4.40. The van der Waals surface area contributed by atoms with Crippen LogP contribution >= 0.6 is 0 Å². The highest BCUT2D eigenvalue weighted by Gasteiger charge is 2.25. The van der Waals surface area contributed by atoms with E-state index in [0.717, 1.165) is 6.07 Å². The molecule has 0 radical (unpaired) electrons. The minimum Gasteiger partial charge on any atom is -0.339 e. The Bertz CT molecular complexity index is 511. The van der Waals surface area contributed by atoms with Gasteiger partial charge in [-0.15, -0.1) is 0 Å². The van der Waals surface area contributed by atoms with E-state index in [2.05, 4.69) is 0 Å². The highest BCUT2D eigenvalue weighted by Crippen LogP contribution is 2.15. The molecule has 1 aliphatic rings. The Morgan fingerprint density at radius 1 is 1.05 bits per heavy atom. The number of hydrogen-bond donors (Lipinski definition) is 0. The number of halogens is 2. The maximum atomic E-state index is 13.5. The molecule has 0 aromatic heterocycles. The molecule has 2 rings (SSSR count). The summed E-state index contributed by atoms with van der Waals surface area (Å²) >= 11 is 0. The molecule has 1 aliphatic heterocycles. The van der Waals surface area contributed by atoms with Crippen LogP contribution in [0.25, 0.3) is 0 Å². The molecule has 0 unspecified atom stereocenters. The van der Waals surface area contributed by atoms with Gasteiger partial charge in [0.15, 0.2) is 11.6 Å². The quantitative estimate of drug-likeness (QED) is 0.769. The van der Waals surface area contributed by atoms with Gasteiger partial charge >= 0.3 is 0 Å². The van der Waals surface area contributed by atoms with E-state index >= 15 is 0 Å². The van der Waals surface area contributed by atoms with Gasteiger partial charge in [0.25, 0.3) is 5.91 Å². The zero-order chi connectivity index (χ0) is 14.0. The molecule has 0 aliphatic carbocycles. The molecule has 1 saturated heterocycles. The molecule has 0 N–H and O–H groups in total. The van der Waals surface area contributed by atoms with Crippen molar-refractivity contribution in [2.45, 2.75) is 6.92 Å². The summed E-state index contributed by atoms with van der Waals surface area (Å²) in [5, 5.41) is 0. The van der Waals surface area contributed by atoms with Crippen molar-refractivity contribution < 1.29 is 18.4 Å². The first-order chi connectivity index (χ1) is 9.00. The Hall–Kier alpha value is -1.98. The van der Waals surface area contributed by atoms with E-state index in [4.69, 9.17) is 0 Å². The number of rotatable bonds is 1. The van der Waals surface area contributed by atoms with E-state index in [1.165, 1.54) is 24.0 Å². The number of nitrogens with zero attached hydrogens (tertiary/aromatic N) is 2. The minimum absolute atomic E-state index is 0.0518. The maximum Gasteiger partial charge on any atom is 0.257 e. The van der Waals surface area contributed by atoms with Crippen molar-refractivity contribution in [2.75, 3.05) is 26.2 Å². The largest absolute Gasteiger partial charge is 0.339 e. The number of hydrogen-bond acceptors (Lipinski definition) is 2. The first-order valence-corrected chi connectivity index (χ1v) is 5.99. The third-order valence-corrected chi connectivity index (χ3v) is 3.19. The smallest absolute Gasteiger partial charge is 0.257 e. The van der Waals surface area contributed by atoms with Crippen molar-refractivity contribution in [1.29, 1.82) is 0 Å². The monoisotopic (exact) mass is 268 g/mol. The second-order valence-electron chi connectivity index (χ2n) is 4.40. The number of amides is 2. The molecule has 0 spiro atoms. The summed E-state index contributed by atoms with van der Waals surface area (Å²) in [6.45, 7) is 2.95. The lowest BCUT2D eigenvalue weighted by molar-refractivity contribution is -0.130. The van der Waals surface area contributed by atoms with Crippen LogP contribution in [-0.4, -0.2) is 47.8 Å². The summed E-state index contributed by atoms with van der Waals surface area (Å²) in [5.74, 6) is -2.75. The lowest BCUT2D eigenvalue weighted by Crippen LogP contribution is -2.50. The molecule has 4 nitrogen and oxygen atoms in total. The molecule has 1 fully saturated rings. The van der Waals surface area contributed by atoms with Crippen molar-refractivity contribution in [3.63, 3.8) is 0 Å². The Balaban J connectivity index is 2.09. The molecule has 19 heavy (non-hydrogen) atoms. The van der Waals surface area contributed by atoms with Crippen LogP contribution in [0, 0.1) is 11.6 Å². The average Bonchev–Trinajstić information content (AvgIpc) is 2.41. The molecule has 1 aromatic rings. The zero-order valence-corrected chi connectivity index (χ0v) is 10.5. The zero-order valence-electron chi connectivity index (χ0n) is 10.5. The van der Waals surface area contributed by atoms with Gasteiger partial charge in [-0.2, -0.15) is 0 Å². The molecule has 0 saturated carbocycles. The van der Waals surface area contributed by atoms with E-state index in [1.54, 1.807) is 4.90 Å². The summed E-state index contributed by atoms with van der Waals surface area (Å²) in [6.07, 6.45) is 0. The second kappa shape index (κ2) is 5.34. The standard InChI is InChI=1S/C13H14F2N2O2/c1-9(18)16-5-7-17(8-6-16)13(19)10-3-2-4-11(14)12(10)15/h2-4H,5-8H2,1H3. The normalized spacial score (nSPS) is 15.5. The SMILES string of the molecule is CC(=O)N1CCN(C(=O)c2cccc(F)c2F)CC1. The summed E-state index contributed by atoms with van der Waals surface area (Å²) in [4.78, 5) is 26.3. The Labute approximate surface area is 109 Å². The van der Waals surface area contributed by atoms with E-state index < -0.39 is 17.5 Å². The van der Waals surface area contributed by atoms with Gasteiger partial charge in [-0.25, -0.2) is 8.78 Å². The van der Waals surface area contributed by atoms with Gasteiger partial charge in [0.1, 0.15) is 0 Å². The summed E-state index contributed by atoms with van der Waals surface area (Å²) in [7, 11) is 0. The third kappa shape index (κ3) is 2.72. The molecule has 1 aromatic carbocycles. The van der Waals surface area contributed by atoms with Gasteiger partial charge in [-0.3, -0.25) is 9.59 Å². The van der Waals surface area contributed by atoms with Crippen LogP contribution in [0.4, 0.5) is 8.78 Å². The number of piperazine rings is 1. The Kier molecular flexibility index (Phi) is 3.78. The summed E-state index contributed by atoms with van der Waals surface area (Å²) < 4.78 is 26.6. The van der Waals surface area contributed by atoms with Crippen LogP contribution in [0.2, 0.25) is 0 Å². The molecule has 102 valence electrons. The highest BCUT2D eigenvalue weighted by molar-refractivity contribution is 5.94. The van der Waals surface area contributed by atoms with Gasteiger partial charge in [0, 0.05) is 33.1 Å². The number of carbonyl (C=O) groups excluding carboxylic acids is 2. The molecular weight excluding hydrogens is 254 g/mol. The van der Waals surface area contributed by atoms with Crippen molar-refractivity contribution in [1.82, 2.24) is 9.80 Å². The summed E-state index contributed by atoms with van der Waals surface area (Å²) in [5.41, 5.74) is -0.267. The van der Waals surface area contributed by atoms with Gasteiger partial charge in [0.05, 0.1) is 5.56 Å². The first-order valence-electron chi connectivity index (χ1n) is 5.99. The third-order valence-electron chi connectivity index (χ3n) is 3.19.